The molecule has 0 bridgehead atoms. The van der Waals surface area contributed by atoms with Crippen LogP contribution in [-0.2, 0) is 0 Å². The summed E-state index contributed by atoms with van der Waals surface area (Å²) in [5.74, 6) is -1.67. The van der Waals surface area contributed by atoms with Crippen molar-refractivity contribution in [3.8, 4) is 6.07 Å². The lowest BCUT2D eigenvalue weighted by molar-refractivity contribution is 0.0693. The van der Waals surface area contributed by atoms with Gasteiger partial charge in [-0.1, -0.05) is 30.0 Å². The van der Waals surface area contributed by atoms with E-state index in [4.69, 9.17) is 10.4 Å². The number of carboxylic acid groups (broad SMARTS) is 1. The van der Waals surface area contributed by atoms with Gasteiger partial charge in [0.15, 0.2) is 0 Å². The van der Waals surface area contributed by atoms with Crippen molar-refractivity contribution in [3.05, 3.63) is 59.4 Å². The topological polar surface area (TPSA) is 61.1 Å². The number of nitriles is 1. The van der Waals surface area contributed by atoms with Gasteiger partial charge in [0.2, 0.25) is 0 Å². The minimum atomic E-state index is -1.06. The number of benzene rings is 2. The third-order valence-electron chi connectivity index (χ3n) is 2.42. The molecule has 0 aliphatic rings. The van der Waals surface area contributed by atoms with E-state index in [-0.39, 0.29) is 11.1 Å². The molecule has 0 radical (unpaired) electrons. The summed E-state index contributed by atoms with van der Waals surface area (Å²) >= 11 is 1.06. The largest absolute Gasteiger partial charge is 0.478 e. The molecule has 0 fully saturated rings. The van der Waals surface area contributed by atoms with Crippen LogP contribution < -0.4 is 0 Å². The fraction of sp³-hybridized carbons (Fsp3) is 0. The molecule has 2 aromatic rings. The number of carboxylic acids is 1. The molecule has 0 heterocycles. The van der Waals surface area contributed by atoms with E-state index in [1.165, 1.54) is 18.2 Å². The fourth-order valence-electron chi connectivity index (χ4n) is 1.55. The average Bonchev–Trinajstić information content (AvgIpc) is 2.39. The molecule has 0 spiro atoms. The quantitative estimate of drug-likeness (QED) is 0.929. The summed E-state index contributed by atoms with van der Waals surface area (Å²) in [7, 11) is 0. The molecule has 2 aromatic carbocycles. The maximum absolute atomic E-state index is 13.5. The zero-order valence-corrected chi connectivity index (χ0v) is 10.4. The highest BCUT2D eigenvalue weighted by Crippen LogP contribution is 2.33. The number of carbonyl (C=O) groups is 1. The van der Waals surface area contributed by atoms with Gasteiger partial charge in [-0.3, -0.25) is 0 Å². The highest BCUT2D eigenvalue weighted by atomic mass is 32.2. The molecule has 0 amide bonds. The van der Waals surface area contributed by atoms with Gasteiger partial charge in [-0.2, -0.15) is 5.26 Å². The van der Waals surface area contributed by atoms with Crippen LogP contribution in [0.4, 0.5) is 4.39 Å². The zero-order valence-electron chi connectivity index (χ0n) is 9.63. The molecule has 3 nitrogen and oxygen atoms in total. The molecular formula is C14H8FNO2S. The van der Waals surface area contributed by atoms with Crippen molar-refractivity contribution >= 4 is 17.7 Å². The Kier molecular flexibility index (Phi) is 3.83. The van der Waals surface area contributed by atoms with Gasteiger partial charge < -0.3 is 5.11 Å². The molecule has 5 heteroatoms. The third-order valence-corrected chi connectivity index (χ3v) is 3.56. The molecule has 0 aromatic heterocycles. The summed E-state index contributed by atoms with van der Waals surface area (Å²) in [6.45, 7) is 0. The Bertz CT molecular complexity index is 679. The lowest BCUT2D eigenvalue weighted by Gasteiger charge is -2.07. The van der Waals surface area contributed by atoms with E-state index >= 15 is 0 Å². The van der Waals surface area contributed by atoms with Crippen LogP contribution in [0.5, 0.6) is 0 Å². The second-order valence-corrected chi connectivity index (χ2v) is 4.71. The van der Waals surface area contributed by atoms with E-state index in [1.807, 2.05) is 0 Å². The van der Waals surface area contributed by atoms with Crippen LogP contribution in [0.1, 0.15) is 15.9 Å². The molecule has 0 atom stereocenters. The molecule has 0 saturated carbocycles. The first kappa shape index (κ1) is 13.1. The molecule has 1 N–H and O–H groups in total. The van der Waals surface area contributed by atoms with Gasteiger partial charge >= 0.3 is 5.97 Å². The van der Waals surface area contributed by atoms with Gasteiger partial charge in [0.05, 0.1) is 5.56 Å². The van der Waals surface area contributed by atoms with Crippen molar-refractivity contribution in [3.63, 3.8) is 0 Å². The van der Waals surface area contributed by atoms with Gasteiger partial charge in [0.25, 0.3) is 0 Å². The molecule has 0 unspecified atom stereocenters. The number of hydrogen-bond acceptors (Lipinski definition) is 3. The highest BCUT2D eigenvalue weighted by molar-refractivity contribution is 7.99. The van der Waals surface area contributed by atoms with Crippen molar-refractivity contribution in [2.75, 3.05) is 0 Å². The fourth-order valence-corrected chi connectivity index (χ4v) is 2.59. The van der Waals surface area contributed by atoms with E-state index in [0.717, 1.165) is 11.8 Å². The first-order chi connectivity index (χ1) is 9.13. The third kappa shape index (κ3) is 2.75. The van der Waals surface area contributed by atoms with E-state index < -0.39 is 11.8 Å². The Hall–Kier alpha value is -2.32. The number of nitrogens with zero attached hydrogens (tertiary/aromatic N) is 1. The van der Waals surface area contributed by atoms with Crippen molar-refractivity contribution in [2.45, 2.75) is 9.79 Å². The van der Waals surface area contributed by atoms with Gasteiger partial charge in [0, 0.05) is 9.79 Å². The number of rotatable bonds is 3. The number of hydrogen-bond donors (Lipinski definition) is 1. The Morgan fingerprint density at radius 3 is 2.53 bits per heavy atom. The zero-order chi connectivity index (χ0) is 13.8. The second-order valence-electron chi connectivity index (χ2n) is 3.63. The molecular weight excluding hydrogens is 265 g/mol. The summed E-state index contributed by atoms with van der Waals surface area (Å²) in [6.07, 6.45) is 0. The molecule has 0 saturated heterocycles. The van der Waals surface area contributed by atoms with Crippen molar-refractivity contribution in [2.24, 2.45) is 0 Å². The van der Waals surface area contributed by atoms with E-state index in [9.17, 15) is 9.18 Å². The Labute approximate surface area is 113 Å². The lowest BCUT2D eigenvalue weighted by Crippen LogP contribution is -1.98. The van der Waals surface area contributed by atoms with Crippen LogP contribution in [0, 0.1) is 17.1 Å². The second kappa shape index (κ2) is 5.55. The van der Waals surface area contributed by atoms with Crippen LogP contribution in [0.3, 0.4) is 0 Å². The standard InChI is InChI=1S/C14H8FNO2S/c15-11-5-3-7-13(10(11)8-16)19-12-6-2-1-4-9(12)14(17)18/h1-7H,(H,17,18). The van der Waals surface area contributed by atoms with Gasteiger partial charge in [-0.05, 0) is 24.3 Å². The van der Waals surface area contributed by atoms with Crippen LogP contribution in [0.2, 0.25) is 0 Å². The van der Waals surface area contributed by atoms with E-state index in [0.29, 0.717) is 9.79 Å². The highest BCUT2D eigenvalue weighted by Gasteiger charge is 2.14. The average molecular weight is 273 g/mol. The van der Waals surface area contributed by atoms with Crippen LogP contribution in [-0.4, -0.2) is 11.1 Å². The van der Waals surface area contributed by atoms with Crippen molar-refractivity contribution in [1.29, 1.82) is 5.26 Å². The summed E-state index contributed by atoms with van der Waals surface area (Å²) in [6, 6.07) is 12.5. The smallest absolute Gasteiger partial charge is 0.336 e. The monoisotopic (exact) mass is 273 g/mol. The predicted octanol–water partition coefficient (Wildman–Crippen LogP) is 3.55. The van der Waals surface area contributed by atoms with Gasteiger partial charge in [-0.25, -0.2) is 9.18 Å². The first-order valence-corrected chi connectivity index (χ1v) is 6.14. The first-order valence-electron chi connectivity index (χ1n) is 5.32. The summed E-state index contributed by atoms with van der Waals surface area (Å²) in [5.41, 5.74) is 0.0494. The van der Waals surface area contributed by atoms with E-state index in [2.05, 4.69) is 0 Å². The summed E-state index contributed by atoms with van der Waals surface area (Å²) in [4.78, 5) is 11.9. The molecule has 0 aliphatic heterocycles. The maximum Gasteiger partial charge on any atom is 0.336 e. The van der Waals surface area contributed by atoms with E-state index in [1.54, 1.807) is 30.3 Å². The van der Waals surface area contributed by atoms with Crippen molar-refractivity contribution in [1.82, 2.24) is 0 Å². The molecule has 2 rings (SSSR count). The molecule has 0 aliphatic carbocycles. The SMILES string of the molecule is N#Cc1c(F)cccc1Sc1ccccc1C(=O)O. The number of aromatic carboxylic acids is 1. The van der Waals surface area contributed by atoms with Gasteiger partial charge in [0.1, 0.15) is 17.4 Å². The van der Waals surface area contributed by atoms with Gasteiger partial charge in [-0.15, -0.1) is 0 Å². The molecule has 19 heavy (non-hydrogen) atoms. The lowest BCUT2D eigenvalue weighted by atomic mass is 10.2. The van der Waals surface area contributed by atoms with Crippen LogP contribution in [0.15, 0.2) is 52.3 Å². The molecule has 94 valence electrons. The number of halogens is 1. The summed E-state index contributed by atoms with van der Waals surface area (Å²) < 4.78 is 13.5. The minimum absolute atomic E-state index is 0.0762. The summed E-state index contributed by atoms with van der Waals surface area (Å²) in [5, 5.41) is 18.0. The van der Waals surface area contributed by atoms with Crippen LogP contribution >= 0.6 is 11.8 Å². The Balaban J connectivity index is 2.46. The maximum atomic E-state index is 13.5. The Morgan fingerprint density at radius 1 is 1.16 bits per heavy atom. The van der Waals surface area contributed by atoms with Crippen molar-refractivity contribution < 1.29 is 14.3 Å². The predicted molar refractivity (Wildman–Crippen MR) is 68.6 cm³/mol. The minimum Gasteiger partial charge on any atom is -0.478 e. The Morgan fingerprint density at radius 2 is 1.84 bits per heavy atom. The normalized spacial score (nSPS) is 9.89. The van der Waals surface area contributed by atoms with Crippen LogP contribution in [0.25, 0.3) is 0 Å².